The van der Waals surface area contributed by atoms with Gasteiger partial charge in [0.05, 0.1) is 7.11 Å². The number of nitrogens with zero attached hydrogens (tertiary/aromatic N) is 2. The van der Waals surface area contributed by atoms with Crippen LogP contribution >= 0.6 is 0 Å². The highest BCUT2D eigenvalue weighted by molar-refractivity contribution is 5.46. The Labute approximate surface area is 105 Å². The van der Waals surface area contributed by atoms with E-state index < -0.39 is 0 Å². The van der Waals surface area contributed by atoms with Crippen molar-refractivity contribution in [3.8, 4) is 17.6 Å². The normalized spacial score (nSPS) is 9.39. The van der Waals surface area contributed by atoms with E-state index in [1.54, 1.807) is 13.2 Å². The molecule has 0 saturated carbocycles. The second kappa shape index (κ2) is 5.06. The fourth-order valence-corrected chi connectivity index (χ4v) is 1.36. The zero-order valence-corrected chi connectivity index (χ0v) is 9.84. The monoisotopic (exact) mass is 240 g/mol. The summed E-state index contributed by atoms with van der Waals surface area (Å²) in [5, 5.41) is 0. The lowest BCUT2D eigenvalue weighted by molar-refractivity contribution is 0.415. The molecule has 0 spiro atoms. The van der Waals surface area contributed by atoms with Crippen molar-refractivity contribution in [2.75, 3.05) is 18.6 Å². The number of nitrogens with two attached hydrogens (primary N) is 2. The van der Waals surface area contributed by atoms with Crippen LogP contribution < -0.4 is 16.2 Å². The van der Waals surface area contributed by atoms with Gasteiger partial charge in [0.2, 0.25) is 5.95 Å². The minimum Gasteiger partial charge on any atom is -0.497 e. The zero-order valence-electron chi connectivity index (χ0n) is 9.84. The van der Waals surface area contributed by atoms with Crippen molar-refractivity contribution in [3.63, 3.8) is 0 Å². The van der Waals surface area contributed by atoms with Gasteiger partial charge in [-0.05, 0) is 30.2 Å². The van der Waals surface area contributed by atoms with E-state index in [4.69, 9.17) is 16.2 Å². The second-order valence-electron chi connectivity index (χ2n) is 3.51. The van der Waals surface area contributed by atoms with Crippen LogP contribution in [0.1, 0.15) is 11.3 Å². The van der Waals surface area contributed by atoms with E-state index >= 15 is 0 Å². The van der Waals surface area contributed by atoms with Crippen LogP contribution in [0.15, 0.2) is 30.3 Å². The van der Waals surface area contributed by atoms with Crippen molar-refractivity contribution in [1.29, 1.82) is 0 Å². The van der Waals surface area contributed by atoms with E-state index in [1.165, 1.54) is 0 Å². The summed E-state index contributed by atoms with van der Waals surface area (Å²) in [6.45, 7) is 0. The molecule has 0 aliphatic carbocycles. The fraction of sp³-hybridized carbons (Fsp3) is 0.0769. The molecule has 0 atom stereocenters. The van der Waals surface area contributed by atoms with Gasteiger partial charge in [0.15, 0.2) is 0 Å². The molecule has 0 unspecified atom stereocenters. The Kier molecular flexibility index (Phi) is 3.30. The van der Waals surface area contributed by atoms with Gasteiger partial charge in [-0.3, -0.25) is 0 Å². The molecular weight excluding hydrogens is 228 g/mol. The SMILES string of the molecule is COc1ccc(C#Cc2cc(N)nc(N)n2)cc1. The number of hydrogen-bond acceptors (Lipinski definition) is 5. The lowest BCUT2D eigenvalue weighted by atomic mass is 10.2. The first kappa shape index (κ1) is 11.7. The number of benzene rings is 1. The molecule has 0 fully saturated rings. The molecule has 0 amide bonds. The van der Waals surface area contributed by atoms with Gasteiger partial charge < -0.3 is 16.2 Å². The Morgan fingerprint density at radius 3 is 2.39 bits per heavy atom. The second-order valence-corrected chi connectivity index (χ2v) is 3.51. The van der Waals surface area contributed by atoms with Crippen LogP contribution in [-0.2, 0) is 0 Å². The van der Waals surface area contributed by atoms with Crippen molar-refractivity contribution >= 4 is 11.8 Å². The standard InChI is InChI=1S/C13H12N4O/c1-18-11-6-3-9(4-7-11)2-5-10-8-12(14)17-13(15)16-10/h3-4,6-8H,1H3,(H4,14,15,16,17). The summed E-state index contributed by atoms with van der Waals surface area (Å²) in [6, 6.07) is 8.98. The average molecular weight is 240 g/mol. The summed E-state index contributed by atoms with van der Waals surface area (Å²) in [6.07, 6.45) is 0. The number of ether oxygens (including phenoxy) is 1. The van der Waals surface area contributed by atoms with Gasteiger partial charge in [0, 0.05) is 11.6 Å². The number of anilines is 2. The third kappa shape index (κ3) is 2.89. The maximum atomic E-state index is 5.55. The third-order valence-electron chi connectivity index (χ3n) is 2.19. The molecule has 4 N–H and O–H groups in total. The number of hydrogen-bond donors (Lipinski definition) is 2. The van der Waals surface area contributed by atoms with Crippen LogP contribution in [0.4, 0.5) is 11.8 Å². The molecule has 1 aromatic carbocycles. The Balaban J connectivity index is 2.25. The summed E-state index contributed by atoms with van der Waals surface area (Å²) in [7, 11) is 1.62. The molecule has 2 aromatic rings. The van der Waals surface area contributed by atoms with Crippen molar-refractivity contribution in [3.05, 3.63) is 41.6 Å². The van der Waals surface area contributed by atoms with Crippen LogP contribution in [0, 0.1) is 11.8 Å². The third-order valence-corrected chi connectivity index (χ3v) is 2.19. The predicted octanol–water partition coefficient (Wildman–Crippen LogP) is 1.05. The maximum absolute atomic E-state index is 5.55. The molecule has 1 aromatic heterocycles. The average Bonchev–Trinajstić information content (AvgIpc) is 2.36. The van der Waals surface area contributed by atoms with Crippen molar-refractivity contribution in [2.45, 2.75) is 0 Å². The van der Waals surface area contributed by atoms with Crippen molar-refractivity contribution in [2.24, 2.45) is 0 Å². The number of nitrogen functional groups attached to an aromatic ring is 2. The highest BCUT2D eigenvalue weighted by Gasteiger charge is 1.96. The van der Waals surface area contributed by atoms with Gasteiger partial charge in [-0.25, -0.2) is 4.98 Å². The number of methoxy groups -OCH3 is 1. The molecule has 1 heterocycles. The zero-order chi connectivity index (χ0) is 13.0. The molecule has 5 nitrogen and oxygen atoms in total. The molecule has 0 aliphatic rings. The number of rotatable bonds is 1. The summed E-state index contributed by atoms with van der Waals surface area (Å²) < 4.78 is 5.06. The molecule has 18 heavy (non-hydrogen) atoms. The van der Waals surface area contributed by atoms with E-state index in [0.29, 0.717) is 11.5 Å². The van der Waals surface area contributed by atoms with Gasteiger partial charge in [0.25, 0.3) is 0 Å². The van der Waals surface area contributed by atoms with E-state index in [0.717, 1.165) is 11.3 Å². The first-order valence-electron chi connectivity index (χ1n) is 5.23. The van der Waals surface area contributed by atoms with Crippen molar-refractivity contribution in [1.82, 2.24) is 9.97 Å². The molecule has 0 aliphatic heterocycles. The van der Waals surface area contributed by atoms with Gasteiger partial charge in [-0.2, -0.15) is 4.98 Å². The largest absolute Gasteiger partial charge is 0.497 e. The van der Waals surface area contributed by atoms with Crippen LogP contribution in [0.5, 0.6) is 5.75 Å². The Morgan fingerprint density at radius 1 is 1.06 bits per heavy atom. The van der Waals surface area contributed by atoms with E-state index in [9.17, 15) is 0 Å². The first-order valence-corrected chi connectivity index (χ1v) is 5.23. The maximum Gasteiger partial charge on any atom is 0.223 e. The van der Waals surface area contributed by atoms with Gasteiger partial charge in [0.1, 0.15) is 17.3 Å². The Hall–Kier alpha value is -2.74. The lowest BCUT2D eigenvalue weighted by Crippen LogP contribution is -2.00. The van der Waals surface area contributed by atoms with E-state index in [2.05, 4.69) is 21.8 Å². The van der Waals surface area contributed by atoms with E-state index in [-0.39, 0.29) is 5.95 Å². The van der Waals surface area contributed by atoms with Crippen molar-refractivity contribution < 1.29 is 4.74 Å². The fourth-order valence-electron chi connectivity index (χ4n) is 1.36. The van der Waals surface area contributed by atoms with E-state index in [1.807, 2.05) is 24.3 Å². The highest BCUT2D eigenvalue weighted by Crippen LogP contribution is 2.10. The van der Waals surface area contributed by atoms with Gasteiger partial charge >= 0.3 is 0 Å². The lowest BCUT2D eigenvalue weighted by Gasteiger charge is -1.98. The molecule has 2 rings (SSSR count). The smallest absolute Gasteiger partial charge is 0.223 e. The van der Waals surface area contributed by atoms with Gasteiger partial charge in [-0.1, -0.05) is 5.92 Å². The summed E-state index contributed by atoms with van der Waals surface area (Å²) in [4.78, 5) is 7.74. The Morgan fingerprint density at radius 2 is 1.78 bits per heavy atom. The topological polar surface area (TPSA) is 87.0 Å². The first-order chi connectivity index (χ1) is 8.67. The molecule has 0 saturated heterocycles. The number of aromatic nitrogens is 2. The van der Waals surface area contributed by atoms with Crippen LogP contribution in [0.2, 0.25) is 0 Å². The predicted molar refractivity (Wildman–Crippen MR) is 69.8 cm³/mol. The molecular formula is C13H12N4O. The minimum atomic E-state index is 0.119. The van der Waals surface area contributed by atoms with Crippen LogP contribution in [0.3, 0.4) is 0 Å². The quantitative estimate of drug-likeness (QED) is 0.727. The van der Waals surface area contributed by atoms with Gasteiger partial charge in [-0.15, -0.1) is 0 Å². The summed E-state index contributed by atoms with van der Waals surface area (Å²) >= 11 is 0. The molecule has 0 bridgehead atoms. The summed E-state index contributed by atoms with van der Waals surface area (Å²) in [5.74, 6) is 7.05. The molecule has 5 heteroatoms. The molecule has 0 radical (unpaired) electrons. The van der Waals surface area contributed by atoms with Crippen LogP contribution in [-0.4, -0.2) is 17.1 Å². The molecule has 90 valence electrons. The van der Waals surface area contributed by atoms with Crippen LogP contribution in [0.25, 0.3) is 0 Å². The highest BCUT2D eigenvalue weighted by atomic mass is 16.5. The Bertz CT molecular complexity index is 591. The minimum absolute atomic E-state index is 0.119. The summed E-state index contributed by atoms with van der Waals surface area (Å²) in [5.41, 5.74) is 12.4.